The maximum atomic E-state index is 12.4. The molecular formula is C23H29O4P. The van der Waals surface area contributed by atoms with Crippen LogP contribution in [0.3, 0.4) is 0 Å². The van der Waals surface area contributed by atoms with Crippen molar-refractivity contribution < 1.29 is 19.3 Å². The summed E-state index contributed by atoms with van der Waals surface area (Å²) in [4.78, 5) is 23.2. The summed E-state index contributed by atoms with van der Waals surface area (Å²) in [7, 11) is 2.69. The first-order valence-corrected chi connectivity index (χ1v) is 10.9. The molecule has 0 radical (unpaired) electrons. The second kappa shape index (κ2) is 10.6. The molecule has 0 aromatic heterocycles. The van der Waals surface area contributed by atoms with E-state index in [0.29, 0.717) is 18.3 Å². The fraction of sp³-hybridized carbons (Fsp3) is 0.435. The lowest BCUT2D eigenvalue weighted by Gasteiger charge is -2.26. The Hall–Kier alpha value is -1.90. The molecule has 3 rings (SSSR count). The monoisotopic (exact) mass is 400 g/mol. The highest BCUT2D eigenvalue weighted by atomic mass is 31.0. The van der Waals surface area contributed by atoms with Gasteiger partial charge in [0, 0.05) is 0 Å². The normalized spacial score (nSPS) is 19.2. The van der Waals surface area contributed by atoms with E-state index in [1.54, 1.807) is 0 Å². The van der Waals surface area contributed by atoms with Gasteiger partial charge in [-0.2, -0.15) is 4.89 Å². The molecule has 1 aliphatic carbocycles. The summed E-state index contributed by atoms with van der Waals surface area (Å²) >= 11 is 0. The number of ether oxygens (including phenoxy) is 1. The molecule has 1 saturated carbocycles. The zero-order chi connectivity index (χ0) is 19.8. The predicted molar refractivity (Wildman–Crippen MR) is 113 cm³/mol. The lowest BCUT2D eigenvalue weighted by atomic mass is 9.82. The fourth-order valence-electron chi connectivity index (χ4n) is 3.44. The number of hydrogen-bond donors (Lipinski definition) is 0. The van der Waals surface area contributed by atoms with Gasteiger partial charge in [0.05, 0.1) is 12.5 Å². The molecule has 0 bridgehead atoms. The Morgan fingerprint density at radius 1 is 0.929 bits per heavy atom. The van der Waals surface area contributed by atoms with E-state index in [1.165, 1.54) is 11.1 Å². The SMILES string of the molecule is CCc1ccc(OOCC2CCC(C(=O)Oc3ccc(CP)cc3)CC2)cc1. The summed E-state index contributed by atoms with van der Waals surface area (Å²) in [6, 6.07) is 15.6. The third-order valence-electron chi connectivity index (χ3n) is 5.35. The molecule has 1 atom stereocenters. The first kappa shape index (κ1) is 20.8. The Kier molecular flexibility index (Phi) is 7.88. The first-order valence-electron chi connectivity index (χ1n) is 10.1. The quantitative estimate of drug-likeness (QED) is 0.197. The highest BCUT2D eigenvalue weighted by Gasteiger charge is 2.28. The molecule has 4 nitrogen and oxygen atoms in total. The smallest absolute Gasteiger partial charge is 0.314 e. The van der Waals surface area contributed by atoms with Gasteiger partial charge in [-0.05, 0) is 79.6 Å². The van der Waals surface area contributed by atoms with Gasteiger partial charge in [0.2, 0.25) is 0 Å². The van der Waals surface area contributed by atoms with Crippen molar-refractivity contribution in [1.29, 1.82) is 0 Å². The molecule has 150 valence electrons. The van der Waals surface area contributed by atoms with Crippen LogP contribution in [0.1, 0.15) is 43.7 Å². The van der Waals surface area contributed by atoms with Crippen LogP contribution in [0.25, 0.3) is 0 Å². The van der Waals surface area contributed by atoms with Crippen LogP contribution in [0.4, 0.5) is 0 Å². The Morgan fingerprint density at radius 3 is 2.14 bits per heavy atom. The summed E-state index contributed by atoms with van der Waals surface area (Å²) in [5, 5.41) is 0. The van der Waals surface area contributed by atoms with E-state index in [2.05, 4.69) is 16.2 Å². The fourth-order valence-corrected chi connectivity index (χ4v) is 3.71. The van der Waals surface area contributed by atoms with Gasteiger partial charge in [-0.3, -0.25) is 4.79 Å². The summed E-state index contributed by atoms with van der Waals surface area (Å²) in [5.41, 5.74) is 2.48. The summed E-state index contributed by atoms with van der Waals surface area (Å²) in [6.07, 6.45) is 5.47. The molecule has 1 fully saturated rings. The lowest BCUT2D eigenvalue weighted by Crippen LogP contribution is -2.27. The minimum Gasteiger partial charge on any atom is -0.426 e. The van der Waals surface area contributed by atoms with Gasteiger partial charge in [-0.25, -0.2) is 0 Å². The van der Waals surface area contributed by atoms with Crippen LogP contribution in [-0.4, -0.2) is 12.6 Å². The number of rotatable bonds is 8. The van der Waals surface area contributed by atoms with E-state index in [1.807, 2.05) is 48.5 Å². The van der Waals surface area contributed by atoms with Crippen molar-refractivity contribution in [1.82, 2.24) is 0 Å². The molecule has 0 heterocycles. The van der Waals surface area contributed by atoms with Gasteiger partial charge in [0.1, 0.15) is 5.75 Å². The highest BCUT2D eigenvalue weighted by Crippen LogP contribution is 2.30. The number of benzene rings is 2. The van der Waals surface area contributed by atoms with Crippen molar-refractivity contribution >= 4 is 15.2 Å². The van der Waals surface area contributed by atoms with Gasteiger partial charge in [-0.1, -0.05) is 31.2 Å². The van der Waals surface area contributed by atoms with Crippen LogP contribution >= 0.6 is 9.24 Å². The van der Waals surface area contributed by atoms with E-state index in [0.717, 1.165) is 44.0 Å². The standard InChI is InChI=1S/C23H29O4P/c1-2-17-5-13-22(14-6-17)27-25-15-18-3-9-20(10-4-18)23(24)26-21-11-7-19(16-28)8-12-21/h5-8,11-14,18,20H,2-4,9-10,15-16,28H2,1H3. The molecule has 0 aliphatic heterocycles. The van der Waals surface area contributed by atoms with Crippen LogP contribution < -0.4 is 9.62 Å². The van der Waals surface area contributed by atoms with E-state index < -0.39 is 0 Å². The van der Waals surface area contributed by atoms with E-state index in [9.17, 15) is 4.79 Å². The summed E-state index contributed by atoms with van der Waals surface area (Å²) in [5.74, 6) is 1.62. The van der Waals surface area contributed by atoms with Crippen molar-refractivity contribution in [3.8, 4) is 11.5 Å². The maximum Gasteiger partial charge on any atom is 0.314 e. The van der Waals surface area contributed by atoms with Gasteiger partial charge in [0.15, 0.2) is 5.75 Å². The largest absolute Gasteiger partial charge is 0.426 e. The second-order valence-corrected chi connectivity index (χ2v) is 7.76. The van der Waals surface area contributed by atoms with Crippen molar-refractivity contribution in [3.63, 3.8) is 0 Å². The van der Waals surface area contributed by atoms with Gasteiger partial charge >= 0.3 is 5.97 Å². The zero-order valence-electron chi connectivity index (χ0n) is 16.4. The molecule has 0 amide bonds. The first-order chi connectivity index (χ1) is 13.7. The molecule has 0 saturated heterocycles. The van der Waals surface area contributed by atoms with Crippen molar-refractivity contribution in [3.05, 3.63) is 59.7 Å². The zero-order valence-corrected chi connectivity index (χ0v) is 17.6. The molecular weight excluding hydrogens is 371 g/mol. The minimum absolute atomic E-state index is 0.0276. The number of esters is 1. The third kappa shape index (κ3) is 6.05. The highest BCUT2D eigenvalue weighted by molar-refractivity contribution is 7.15. The van der Waals surface area contributed by atoms with Crippen molar-refractivity contribution in [2.24, 2.45) is 11.8 Å². The molecule has 1 unspecified atom stereocenters. The van der Waals surface area contributed by atoms with Crippen LogP contribution in [0.15, 0.2) is 48.5 Å². The predicted octanol–water partition coefficient (Wildman–Crippen LogP) is 5.35. The molecule has 2 aromatic rings. The van der Waals surface area contributed by atoms with Crippen LogP contribution in [-0.2, 0) is 22.3 Å². The molecule has 0 N–H and O–H groups in total. The third-order valence-corrected chi connectivity index (χ3v) is 5.82. The number of hydrogen-bond acceptors (Lipinski definition) is 4. The number of carbonyl (C=O) groups excluding carboxylic acids is 1. The average molecular weight is 400 g/mol. The van der Waals surface area contributed by atoms with Gasteiger partial charge < -0.3 is 9.62 Å². The topological polar surface area (TPSA) is 44.8 Å². The average Bonchev–Trinajstić information content (AvgIpc) is 2.75. The summed E-state index contributed by atoms with van der Waals surface area (Å²) in [6.45, 7) is 2.67. The molecule has 0 spiro atoms. The van der Waals surface area contributed by atoms with Crippen LogP contribution in [0.5, 0.6) is 11.5 Å². The molecule has 1 aliphatic rings. The van der Waals surface area contributed by atoms with E-state index in [-0.39, 0.29) is 11.9 Å². The van der Waals surface area contributed by atoms with E-state index >= 15 is 0 Å². The molecule has 2 aromatic carbocycles. The Balaban J connectivity index is 1.36. The number of aryl methyl sites for hydroxylation is 1. The molecule has 28 heavy (non-hydrogen) atoms. The van der Waals surface area contributed by atoms with Crippen molar-refractivity contribution in [2.45, 2.75) is 45.2 Å². The number of carbonyl (C=O) groups is 1. The van der Waals surface area contributed by atoms with E-state index in [4.69, 9.17) is 14.5 Å². The Labute approximate surface area is 169 Å². The lowest BCUT2D eigenvalue weighted by molar-refractivity contribution is -0.218. The van der Waals surface area contributed by atoms with Crippen LogP contribution in [0.2, 0.25) is 0 Å². The molecule has 5 heteroatoms. The van der Waals surface area contributed by atoms with Crippen LogP contribution in [0, 0.1) is 11.8 Å². The minimum atomic E-state index is -0.120. The summed E-state index contributed by atoms with van der Waals surface area (Å²) < 4.78 is 5.54. The second-order valence-electron chi connectivity index (χ2n) is 7.35. The Morgan fingerprint density at radius 2 is 1.54 bits per heavy atom. The van der Waals surface area contributed by atoms with Gasteiger partial charge in [-0.15, -0.1) is 9.24 Å². The van der Waals surface area contributed by atoms with Crippen molar-refractivity contribution in [2.75, 3.05) is 6.61 Å². The Bertz CT molecular complexity index is 734. The maximum absolute atomic E-state index is 12.4. The van der Waals surface area contributed by atoms with Gasteiger partial charge in [0.25, 0.3) is 0 Å².